The Morgan fingerprint density at radius 2 is 1.79 bits per heavy atom. The van der Waals surface area contributed by atoms with E-state index in [9.17, 15) is 14.0 Å². The van der Waals surface area contributed by atoms with Crippen molar-refractivity contribution in [3.63, 3.8) is 0 Å². The van der Waals surface area contributed by atoms with Crippen LogP contribution in [0.25, 0.3) is 0 Å². The van der Waals surface area contributed by atoms with Crippen LogP contribution in [0.3, 0.4) is 0 Å². The molecule has 1 heterocycles. The number of hydrazine groups is 1. The van der Waals surface area contributed by atoms with Gasteiger partial charge in [-0.15, -0.1) is 0 Å². The summed E-state index contributed by atoms with van der Waals surface area (Å²) >= 11 is 0. The molecule has 4 rings (SSSR count). The highest BCUT2D eigenvalue weighted by Crippen LogP contribution is 2.27. The first-order valence-corrected chi connectivity index (χ1v) is 11.1. The zero-order valence-corrected chi connectivity index (χ0v) is 18.8. The molecule has 0 saturated carbocycles. The molecule has 1 aliphatic rings. The summed E-state index contributed by atoms with van der Waals surface area (Å²) in [5, 5.41) is 0. The maximum absolute atomic E-state index is 13.0. The monoisotopic (exact) mass is 463 g/mol. The molecule has 1 fully saturated rings. The van der Waals surface area contributed by atoms with Gasteiger partial charge in [0.2, 0.25) is 11.8 Å². The largest absolute Gasteiger partial charge is 0.494 e. The first-order valence-electron chi connectivity index (χ1n) is 11.1. The van der Waals surface area contributed by atoms with Gasteiger partial charge in [0.05, 0.1) is 18.2 Å². The van der Waals surface area contributed by atoms with Crippen molar-refractivity contribution >= 4 is 23.2 Å². The fourth-order valence-corrected chi connectivity index (χ4v) is 3.67. The van der Waals surface area contributed by atoms with E-state index in [-0.39, 0.29) is 24.1 Å². The number of benzene rings is 3. The Morgan fingerprint density at radius 1 is 1.03 bits per heavy atom. The fourth-order valence-electron chi connectivity index (χ4n) is 3.67. The Balaban J connectivity index is 1.29. The quantitative estimate of drug-likeness (QED) is 0.463. The van der Waals surface area contributed by atoms with Crippen molar-refractivity contribution < 1.29 is 23.5 Å². The van der Waals surface area contributed by atoms with E-state index in [0.717, 1.165) is 17.0 Å². The zero-order chi connectivity index (χ0) is 23.9. The lowest BCUT2D eigenvalue weighted by Gasteiger charge is -2.17. The summed E-state index contributed by atoms with van der Waals surface area (Å²) in [6, 6.07) is 20.5. The van der Waals surface area contributed by atoms with E-state index in [1.807, 2.05) is 31.2 Å². The first-order chi connectivity index (χ1) is 16.5. The summed E-state index contributed by atoms with van der Waals surface area (Å²) in [6.07, 6.45) is 0.140. The third kappa shape index (κ3) is 5.83. The summed E-state index contributed by atoms with van der Waals surface area (Å²) < 4.78 is 24.2. The van der Waals surface area contributed by atoms with Crippen molar-refractivity contribution in [1.82, 2.24) is 5.43 Å². The van der Waals surface area contributed by atoms with Gasteiger partial charge in [0.25, 0.3) is 0 Å². The normalized spacial score (nSPS) is 15.2. The van der Waals surface area contributed by atoms with Crippen molar-refractivity contribution in [1.29, 1.82) is 0 Å². The summed E-state index contributed by atoms with van der Waals surface area (Å²) in [7, 11) is 0. The van der Waals surface area contributed by atoms with Gasteiger partial charge in [0.15, 0.2) is 0 Å². The summed E-state index contributed by atoms with van der Waals surface area (Å²) in [4.78, 5) is 26.8. The molecule has 0 aliphatic carbocycles. The molecule has 2 amide bonds. The van der Waals surface area contributed by atoms with Crippen LogP contribution in [-0.2, 0) is 16.2 Å². The number of rotatable bonds is 9. The van der Waals surface area contributed by atoms with Crippen LogP contribution in [0.5, 0.6) is 11.5 Å². The van der Waals surface area contributed by atoms with Crippen molar-refractivity contribution in [2.24, 2.45) is 5.92 Å². The molecule has 3 aromatic rings. The van der Waals surface area contributed by atoms with Crippen molar-refractivity contribution in [3.8, 4) is 11.5 Å². The van der Waals surface area contributed by atoms with Crippen LogP contribution < -0.4 is 25.2 Å². The lowest BCUT2D eigenvalue weighted by Crippen LogP contribution is -2.36. The van der Waals surface area contributed by atoms with Gasteiger partial charge < -0.3 is 14.4 Å². The van der Waals surface area contributed by atoms with Gasteiger partial charge in [-0.2, -0.15) is 0 Å². The molecule has 0 bridgehead atoms. The zero-order valence-electron chi connectivity index (χ0n) is 18.8. The van der Waals surface area contributed by atoms with Crippen LogP contribution in [0.1, 0.15) is 18.9 Å². The van der Waals surface area contributed by atoms with Gasteiger partial charge in [-0.25, -0.2) is 4.39 Å². The second-order valence-corrected chi connectivity index (χ2v) is 7.89. The minimum absolute atomic E-state index is 0.0968. The number of nitrogens with zero attached hydrogens (tertiary/aromatic N) is 1. The third-order valence-corrected chi connectivity index (χ3v) is 5.44. The van der Waals surface area contributed by atoms with Gasteiger partial charge >= 0.3 is 0 Å². The van der Waals surface area contributed by atoms with E-state index in [1.54, 1.807) is 41.3 Å². The molecule has 176 valence electrons. The van der Waals surface area contributed by atoms with Gasteiger partial charge in [-0.1, -0.05) is 18.2 Å². The van der Waals surface area contributed by atoms with Crippen molar-refractivity contribution in [2.75, 3.05) is 23.5 Å². The average Bonchev–Trinajstić information content (AvgIpc) is 3.25. The molecule has 0 radical (unpaired) electrons. The van der Waals surface area contributed by atoms with E-state index < -0.39 is 5.92 Å². The molecule has 1 aliphatic heterocycles. The molecule has 1 saturated heterocycles. The van der Waals surface area contributed by atoms with Crippen LogP contribution in [0.2, 0.25) is 0 Å². The second-order valence-electron chi connectivity index (χ2n) is 7.89. The summed E-state index contributed by atoms with van der Waals surface area (Å²) in [6.45, 7) is 3.08. The summed E-state index contributed by atoms with van der Waals surface area (Å²) in [5.74, 6) is 0.211. The SMILES string of the molecule is CCOc1ccc(N2C[C@H](C(=O)NNc3cccc(OCc4ccc(F)cc4)c3)CC2=O)cc1. The van der Waals surface area contributed by atoms with Gasteiger partial charge in [-0.05, 0) is 61.0 Å². The van der Waals surface area contributed by atoms with Gasteiger partial charge in [-0.3, -0.25) is 20.4 Å². The number of amides is 2. The number of carbonyl (C=O) groups is 2. The molecule has 3 aromatic carbocycles. The topological polar surface area (TPSA) is 79.9 Å². The first kappa shape index (κ1) is 23.1. The Bertz CT molecular complexity index is 1140. The molecule has 0 aromatic heterocycles. The summed E-state index contributed by atoms with van der Waals surface area (Å²) in [5.41, 5.74) is 7.78. The third-order valence-electron chi connectivity index (χ3n) is 5.44. The van der Waals surface area contributed by atoms with E-state index in [2.05, 4.69) is 10.9 Å². The number of hydrogen-bond donors (Lipinski definition) is 2. The fraction of sp³-hybridized carbons (Fsp3) is 0.231. The van der Waals surface area contributed by atoms with Gasteiger partial charge in [0, 0.05) is 24.7 Å². The smallest absolute Gasteiger partial charge is 0.243 e. The number of nitrogens with one attached hydrogen (secondary N) is 2. The lowest BCUT2D eigenvalue weighted by atomic mass is 10.1. The van der Waals surface area contributed by atoms with E-state index in [0.29, 0.717) is 31.2 Å². The molecular weight excluding hydrogens is 437 g/mol. The average molecular weight is 464 g/mol. The Kier molecular flexibility index (Phi) is 7.27. The second kappa shape index (κ2) is 10.7. The Morgan fingerprint density at radius 3 is 2.53 bits per heavy atom. The van der Waals surface area contributed by atoms with Gasteiger partial charge in [0.1, 0.15) is 23.9 Å². The van der Waals surface area contributed by atoms with Crippen LogP contribution in [0.15, 0.2) is 72.8 Å². The Hall–Kier alpha value is -4.07. The predicted octanol–water partition coefficient (Wildman–Crippen LogP) is 4.30. The number of hydrogen-bond acceptors (Lipinski definition) is 5. The van der Waals surface area contributed by atoms with Crippen molar-refractivity contribution in [3.05, 3.63) is 84.2 Å². The van der Waals surface area contributed by atoms with E-state index in [1.165, 1.54) is 12.1 Å². The lowest BCUT2D eigenvalue weighted by molar-refractivity contribution is -0.125. The molecule has 0 unspecified atom stereocenters. The number of anilines is 2. The Labute approximate surface area is 197 Å². The maximum Gasteiger partial charge on any atom is 0.243 e. The highest BCUT2D eigenvalue weighted by molar-refractivity contribution is 6.00. The maximum atomic E-state index is 13.0. The molecule has 7 nitrogen and oxygen atoms in total. The van der Waals surface area contributed by atoms with Crippen LogP contribution in [0, 0.1) is 11.7 Å². The minimum atomic E-state index is -0.468. The van der Waals surface area contributed by atoms with Crippen LogP contribution >= 0.6 is 0 Å². The minimum Gasteiger partial charge on any atom is -0.494 e. The highest BCUT2D eigenvalue weighted by atomic mass is 19.1. The molecule has 0 spiro atoms. The highest BCUT2D eigenvalue weighted by Gasteiger charge is 2.35. The molecular formula is C26H26FN3O4. The van der Waals surface area contributed by atoms with Crippen molar-refractivity contribution in [2.45, 2.75) is 20.0 Å². The number of carbonyl (C=O) groups excluding carboxylic acids is 2. The number of ether oxygens (including phenoxy) is 2. The molecule has 1 atom stereocenters. The molecule has 8 heteroatoms. The molecule has 34 heavy (non-hydrogen) atoms. The van der Waals surface area contributed by atoms with E-state index in [4.69, 9.17) is 9.47 Å². The van der Waals surface area contributed by atoms with E-state index >= 15 is 0 Å². The number of halogens is 1. The van der Waals surface area contributed by atoms with Crippen LogP contribution in [-0.4, -0.2) is 25.0 Å². The molecule has 2 N–H and O–H groups in total. The standard InChI is InChI=1S/C26H26FN3O4/c1-2-33-23-12-10-22(11-13-23)30-16-19(14-25(30)31)26(32)29-28-21-4-3-5-24(15-21)34-17-18-6-8-20(27)9-7-18/h3-13,15,19,28H,2,14,16-17H2,1H3,(H,29,32)/t19-/m1/s1. The van der Waals surface area contributed by atoms with Crippen LogP contribution in [0.4, 0.5) is 15.8 Å². The predicted molar refractivity (Wildman–Crippen MR) is 127 cm³/mol.